The summed E-state index contributed by atoms with van der Waals surface area (Å²) in [6.45, 7) is -0.0141. The van der Waals surface area contributed by atoms with Gasteiger partial charge in [-0.15, -0.1) is 0 Å². The summed E-state index contributed by atoms with van der Waals surface area (Å²) in [5.41, 5.74) is -0.0786. The van der Waals surface area contributed by atoms with Crippen LogP contribution in [0, 0.1) is 11.6 Å². The molecular weight excluding hydrogens is 324 g/mol. The third kappa shape index (κ3) is 2.84. The third-order valence-corrected chi connectivity index (χ3v) is 5.93. The summed E-state index contributed by atoms with van der Waals surface area (Å²) >= 11 is 0. The molecule has 1 heterocycles. The Morgan fingerprint density at radius 1 is 1.00 bits per heavy atom. The maximum Gasteiger partial charge on any atom is 0.256 e. The summed E-state index contributed by atoms with van der Waals surface area (Å²) in [4.78, 5) is 13.4. The number of halogens is 2. The van der Waals surface area contributed by atoms with Gasteiger partial charge in [-0.25, -0.2) is 17.2 Å². The minimum absolute atomic E-state index is 0.00707. The van der Waals surface area contributed by atoms with Crippen LogP contribution in [-0.4, -0.2) is 37.6 Å². The summed E-state index contributed by atoms with van der Waals surface area (Å²) in [5, 5.41) is -0.760. The second kappa shape index (κ2) is 5.73. The van der Waals surface area contributed by atoms with E-state index in [1.807, 2.05) is 0 Å². The topological polar surface area (TPSA) is 54.5 Å². The number of likely N-dealkylation sites (tertiary alicyclic amines) is 1. The van der Waals surface area contributed by atoms with Crippen LogP contribution in [0.4, 0.5) is 8.78 Å². The van der Waals surface area contributed by atoms with Crippen LogP contribution in [0.15, 0.2) is 53.4 Å². The number of sulfone groups is 1. The van der Waals surface area contributed by atoms with Gasteiger partial charge in [-0.2, -0.15) is 0 Å². The maximum atomic E-state index is 13.6. The highest BCUT2D eigenvalue weighted by Gasteiger charge is 2.41. The van der Waals surface area contributed by atoms with E-state index in [0.717, 1.165) is 12.1 Å². The molecule has 0 spiro atoms. The zero-order valence-electron chi connectivity index (χ0n) is 11.9. The average Bonchev–Trinajstić information content (AvgIpc) is 2.46. The molecule has 23 heavy (non-hydrogen) atoms. The SMILES string of the molecule is O=C(c1ccccc1F)N1CC(S(=O)(=O)c2ccc(F)cc2)C1. The molecule has 0 aliphatic carbocycles. The van der Waals surface area contributed by atoms with Crippen molar-refractivity contribution < 1.29 is 22.0 Å². The molecule has 3 rings (SSSR count). The van der Waals surface area contributed by atoms with Crippen LogP contribution >= 0.6 is 0 Å². The molecule has 2 aromatic rings. The van der Waals surface area contributed by atoms with E-state index >= 15 is 0 Å². The lowest BCUT2D eigenvalue weighted by Gasteiger charge is -2.38. The zero-order chi connectivity index (χ0) is 16.6. The molecule has 1 aliphatic heterocycles. The molecule has 0 saturated carbocycles. The predicted octanol–water partition coefficient (Wildman–Crippen LogP) is 2.26. The Kier molecular flexibility index (Phi) is 3.89. The van der Waals surface area contributed by atoms with Crippen molar-refractivity contribution in [1.29, 1.82) is 0 Å². The van der Waals surface area contributed by atoms with Gasteiger partial charge in [-0.1, -0.05) is 12.1 Å². The van der Waals surface area contributed by atoms with Crippen molar-refractivity contribution >= 4 is 15.7 Å². The van der Waals surface area contributed by atoms with Gasteiger partial charge in [0.2, 0.25) is 0 Å². The van der Waals surface area contributed by atoms with Gasteiger partial charge in [0.25, 0.3) is 5.91 Å². The van der Waals surface area contributed by atoms with Crippen LogP contribution < -0.4 is 0 Å². The van der Waals surface area contributed by atoms with E-state index in [1.54, 1.807) is 6.07 Å². The second-order valence-electron chi connectivity index (χ2n) is 5.31. The average molecular weight is 337 g/mol. The Balaban J connectivity index is 1.72. The largest absolute Gasteiger partial charge is 0.336 e. The molecule has 0 radical (unpaired) electrons. The molecule has 1 saturated heterocycles. The number of hydrogen-bond donors (Lipinski definition) is 0. The van der Waals surface area contributed by atoms with Crippen molar-refractivity contribution in [3.8, 4) is 0 Å². The Labute approximate surface area is 132 Å². The molecule has 0 unspecified atom stereocenters. The van der Waals surface area contributed by atoms with Crippen molar-refractivity contribution in [3.63, 3.8) is 0 Å². The Morgan fingerprint density at radius 2 is 1.61 bits per heavy atom. The van der Waals surface area contributed by atoms with E-state index in [1.165, 1.54) is 35.2 Å². The number of benzene rings is 2. The van der Waals surface area contributed by atoms with Crippen LogP contribution in [0.2, 0.25) is 0 Å². The zero-order valence-corrected chi connectivity index (χ0v) is 12.8. The monoisotopic (exact) mass is 337 g/mol. The molecule has 7 heteroatoms. The normalized spacial score (nSPS) is 15.3. The van der Waals surface area contributed by atoms with E-state index in [4.69, 9.17) is 0 Å². The number of carbonyl (C=O) groups is 1. The van der Waals surface area contributed by atoms with Crippen LogP contribution in [0.25, 0.3) is 0 Å². The summed E-state index contributed by atoms with van der Waals surface area (Å²) in [6, 6.07) is 10.1. The molecule has 1 aliphatic rings. The van der Waals surface area contributed by atoms with Gasteiger partial charge < -0.3 is 4.90 Å². The molecule has 0 bridgehead atoms. The van der Waals surface area contributed by atoms with E-state index in [9.17, 15) is 22.0 Å². The molecule has 0 atom stereocenters. The number of carbonyl (C=O) groups excluding carboxylic acids is 1. The quantitative estimate of drug-likeness (QED) is 0.808. The molecule has 4 nitrogen and oxygen atoms in total. The molecule has 0 aromatic heterocycles. The van der Waals surface area contributed by atoms with Crippen LogP contribution in [0.1, 0.15) is 10.4 Å². The van der Waals surface area contributed by atoms with Gasteiger partial charge in [0.1, 0.15) is 16.9 Å². The van der Waals surface area contributed by atoms with Crippen molar-refractivity contribution in [3.05, 3.63) is 65.7 Å². The lowest BCUT2D eigenvalue weighted by atomic mass is 10.1. The van der Waals surface area contributed by atoms with Crippen molar-refractivity contribution in [2.75, 3.05) is 13.1 Å². The maximum absolute atomic E-state index is 13.6. The molecule has 2 aromatic carbocycles. The van der Waals surface area contributed by atoms with Crippen LogP contribution in [-0.2, 0) is 9.84 Å². The van der Waals surface area contributed by atoms with Crippen molar-refractivity contribution in [1.82, 2.24) is 4.90 Å². The van der Waals surface area contributed by atoms with E-state index in [0.29, 0.717) is 0 Å². The van der Waals surface area contributed by atoms with Gasteiger partial charge in [0, 0.05) is 13.1 Å². The molecule has 0 N–H and O–H groups in total. The Morgan fingerprint density at radius 3 is 2.22 bits per heavy atom. The predicted molar refractivity (Wildman–Crippen MR) is 79.7 cm³/mol. The van der Waals surface area contributed by atoms with Gasteiger partial charge in [0.15, 0.2) is 9.84 Å². The van der Waals surface area contributed by atoms with Gasteiger partial charge >= 0.3 is 0 Å². The number of hydrogen-bond acceptors (Lipinski definition) is 3. The second-order valence-corrected chi connectivity index (χ2v) is 7.54. The fraction of sp³-hybridized carbons (Fsp3) is 0.188. The van der Waals surface area contributed by atoms with Crippen molar-refractivity contribution in [2.45, 2.75) is 10.1 Å². The molecule has 120 valence electrons. The fourth-order valence-corrected chi connectivity index (χ4v) is 4.07. The highest BCUT2D eigenvalue weighted by atomic mass is 32.2. The Hall–Kier alpha value is -2.28. The van der Waals surface area contributed by atoms with Gasteiger partial charge in [0.05, 0.1) is 10.5 Å². The summed E-state index contributed by atoms with van der Waals surface area (Å²) in [5.74, 6) is -1.69. The lowest BCUT2D eigenvalue weighted by molar-refractivity contribution is 0.0654. The van der Waals surface area contributed by atoms with Gasteiger partial charge in [-0.05, 0) is 36.4 Å². The molecular formula is C16H13F2NO3S. The molecule has 1 fully saturated rings. The third-order valence-electron chi connectivity index (χ3n) is 3.82. The minimum atomic E-state index is -3.63. The lowest BCUT2D eigenvalue weighted by Crippen LogP contribution is -2.56. The van der Waals surface area contributed by atoms with E-state index in [-0.39, 0.29) is 23.5 Å². The number of rotatable bonds is 3. The van der Waals surface area contributed by atoms with E-state index in [2.05, 4.69) is 0 Å². The smallest absolute Gasteiger partial charge is 0.256 e. The first-order chi connectivity index (χ1) is 10.9. The van der Waals surface area contributed by atoms with Crippen LogP contribution in [0.5, 0.6) is 0 Å². The first-order valence-corrected chi connectivity index (χ1v) is 8.47. The first kappa shape index (κ1) is 15.6. The minimum Gasteiger partial charge on any atom is -0.336 e. The summed E-state index contributed by atoms with van der Waals surface area (Å²) in [7, 11) is -3.63. The standard InChI is InChI=1S/C16H13F2NO3S/c17-11-5-7-12(8-6-11)23(21,22)13-9-19(10-13)16(20)14-3-1-2-4-15(14)18/h1-8,13H,9-10H2. The first-order valence-electron chi connectivity index (χ1n) is 6.93. The van der Waals surface area contributed by atoms with E-state index < -0.39 is 32.6 Å². The summed E-state index contributed by atoms with van der Waals surface area (Å²) < 4.78 is 51.2. The van der Waals surface area contributed by atoms with Gasteiger partial charge in [-0.3, -0.25) is 4.79 Å². The highest BCUT2D eigenvalue weighted by molar-refractivity contribution is 7.92. The molecule has 1 amide bonds. The number of amides is 1. The summed E-state index contributed by atoms with van der Waals surface area (Å²) in [6.07, 6.45) is 0. The Bertz CT molecular complexity index is 844. The highest BCUT2D eigenvalue weighted by Crippen LogP contribution is 2.25. The van der Waals surface area contributed by atoms with Crippen LogP contribution in [0.3, 0.4) is 0 Å². The number of nitrogens with zero attached hydrogens (tertiary/aromatic N) is 1. The van der Waals surface area contributed by atoms with Crippen molar-refractivity contribution in [2.24, 2.45) is 0 Å². The fourth-order valence-electron chi connectivity index (χ4n) is 2.42.